The second-order valence-corrected chi connectivity index (χ2v) is 6.09. The molecule has 24 heavy (non-hydrogen) atoms. The van der Waals surface area contributed by atoms with E-state index in [0.29, 0.717) is 13.1 Å². The van der Waals surface area contributed by atoms with Gasteiger partial charge in [-0.1, -0.05) is 30.3 Å². The zero-order chi connectivity index (χ0) is 16.8. The fourth-order valence-electron chi connectivity index (χ4n) is 2.87. The van der Waals surface area contributed by atoms with Crippen molar-refractivity contribution in [2.75, 3.05) is 19.6 Å². The Morgan fingerprint density at radius 3 is 2.88 bits per heavy atom. The number of benzene rings is 1. The van der Waals surface area contributed by atoms with E-state index in [1.54, 1.807) is 0 Å². The van der Waals surface area contributed by atoms with Gasteiger partial charge in [0.1, 0.15) is 0 Å². The number of hydrogen-bond acceptors (Lipinski definition) is 3. The van der Waals surface area contributed by atoms with E-state index in [-0.39, 0.29) is 6.10 Å². The van der Waals surface area contributed by atoms with E-state index in [9.17, 15) is 5.11 Å². The van der Waals surface area contributed by atoms with Gasteiger partial charge >= 0.3 is 0 Å². The van der Waals surface area contributed by atoms with Gasteiger partial charge in [0.05, 0.1) is 25.4 Å². The van der Waals surface area contributed by atoms with Crippen LogP contribution in [0.1, 0.15) is 24.5 Å². The fraction of sp³-hybridized carbons (Fsp3) is 0.444. The van der Waals surface area contributed by atoms with Crippen LogP contribution in [0.4, 0.5) is 0 Å². The highest BCUT2D eigenvalue weighted by atomic mass is 16.3. The molecule has 0 spiro atoms. The maximum absolute atomic E-state index is 9.71. The number of likely N-dealkylation sites (tertiary alicyclic amines) is 1. The minimum Gasteiger partial charge on any atom is -0.391 e. The number of aliphatic hydroxyl groups is 1. The molecule has 3 rings (SSSR count). The average molecular weight is 327 g/mol. The lowest BCUT2D eigenvalue weighted by molar-refractivity contribution is 0.188. The predicted molar refractivity (Wildman–Crippen MR) is 94.8 cm³/mol. The number of aliphatic imine (C=N–C) groups is 1. The maximum Gasteiger partial charge on any atom is 0.194 e. The normalized spacial score (nSPS) is 18.2. The van der Waals surface area contributed by atoms with E-state index >= 15 is 0 Å². The molecule has 0 bridgehead atoms. The molecule has 2 heterocycles. The van der Waals surface area contributed by atoms with Gasteiger partial charge in [-0.25, -0.2) is 4.99 Å². The van der Waals surface area contributed by atoms with E-state index in [4.69, 9.17) is 0 Å². The van der Waals surface area contributed by atoms with Crippen LogP contribution < -0.4 is 5.32 Å². The Kier molecular flexibility index (Phi) is 5.48. The van der Waals surface area contributed by atoms with Crippen LogP contribution in [-0.2, 0) is 13.1 Å². The third kappa shape index (κ3) is 4.35. The molecule has 1 aromatic carbocycles. The van der Waals surface area contributed by atoms with Crippen LogP contribution in [0.3, 0.4) is 0 Å². The summed E-state index contributed by atoms with van der Waals surface area (Å²) in [6.07, 6.45) is 4.47. The SMILES string of the molecule is CCNC(=NCc1cnn(Cc2ccccc2)c1)N1CC[C@@H](O)C1. The van der Waals surface area contributed by atoms with E-state index in [0.717, 1.165) is 37.6 Å². The first kappa shape index (κ1) is 16.5. The first-order valence-electron chi connectivity index (χ1n) is 8.51. The van der Waals surface area contributed by atoms with Crippen LogP contribution >= 0.6 is 0 Å². The van der Waals surface area contributed by atoms with Gasteiger partial charge < -0.3 is 15.3 Å². The topological polar surface area (TPSA) is 65.7 Å². The summed E-state index contributed by atoms with van der Waals surface area (Å²) in [6, 6.07) is 10.3. The predicted octanol–water partition coefficient (Wildman–Crippen LogP) is 1.46. The van der Waals surface area contributed by atoms with Gasteiger partial charge in [0.25, 0.3) is 0 Å². The van der Waals surface area contributed by atoms with Crippen molar-refractivity contribution in [2.45, 2.75) is 32.5 Å². The first-order chi connectivity index (χ1) is 11.7. The van der Waals surface area contributed by atoms with E-state index in [1.165, 1.54) is 5.56 Å². The third-order valence-corrected chi connectivity index (χ3v) is 4.08. The quantitative estimate of drug-likeness (QED) is 0.645. The zero-order valence-electron chi connectivity index (χ0n) is 14.1. The third-order valence-electron chi connectivity index (χ3n) is 4.08. The Bertz CT molecular complexity index is 667. The highest BCUT2D eigenvalue weighted by Crippen LogP contribution is 2.10. The summed E-state index contributed by atoms with van der Waals surface area (Å²) in [6.45, 7) is 5.73. The number of rotatable bonds is 5. The molecule has 1 aromatic heterocycles. The Labute approximate surface area is 142 Å². The maximum atomic E-state index is 9.71. The van der Waals surface area contributed by atoms with Crippen LogP contribution in [0.5, 0.6) is 0 Å². The van der Waals surface area contributed by atoms with Gasteiger partial charge in [0, 0.05) is 31.4 Å². The Hall–Kier alpha value is -2.34. The molecule has 1 atom stereocenters. The molecule has 0 radical (unpaired) electrons. The van der Waals surface area contributed by atoms with E-state index < -0.39 is 0 Å². The van der Waals surface area contributed by atoms with Gasteiger partial charge in [0.2, 0.25) is 0 Å². The van der Waals surface area contributed by atoms with Crippen molar-refractivity contribution in [3.63, 3.8) is 0 Å². The van der Waals surface area contributed by atoms with Crippen molar-refractivity contribution in [1.29, 1.82) is 0 Å². The first-order valence-corrected chi connectivity index (χ1v) is 8.51. The Morgan fingerprint density at radius 2 is 2.17 bits per heavy atom. The molecular formula is C18H25N5O. The van der Waals surface area contributed by atoms with Crippen molar-refractivity contribution in [3.8, 4) is 0 Å². The minimum atomic E-state index is -0.248. The lowest BCUT2D eigenvalue weighted by Gasteiger charge is -2.20. The van der Waals surface area contributed by atoms with Crippen LogP contribution in [-0.4, -0.2) is 51.5 Å². The summed E-state index contributed by atoms with van der Waals surface area (Å²) in [4.78, 5) is 6.80. The largest absolute Gasteiger partial charge is 0.391 e. The Balaban J connectivity index is 1.62. The molecule has 1 aliphatic rings. The van der Waals surface area contributed by atoms with Gasteiger partial charge in [0.15, 0.2) is 5.96 Å². The lowest BCUT2D eigenvalue weighted by Crippen LogP contribution is -2.40. The number of guanidine groups is 1. The van der Waals surface area contributed by atoms with Crippen LogP contribution in [0.15, 0.2) is 47.7 Å². The Morgan fingerprint density at radius 1 is 1.33 bits per heavy atom. The second-order valence-electron chi connectivity index (χ2n) is 6.09. The molecule has 128 valence electrons. The minimum absolute atomic E-state index is 0.248. The number of aromatic nitrogens is 2. The fourth-order valence-corrected chi connectivity index (χ4v) is 2.87. The number of nitrogens with zero attached hydrogens (tertiary/aromatic N) is 4. The molecule has 0 unspecified atom stereocenters. The smallest absolute Gasteiger partial charge is 0.194 e. The molecule has 2 N–H and O–H groups in total. The van der Waals surface area contributed by atoms with E-state index in [1.807, 2.05) is 35.3 Å². The summed E-state index contributed by atoms with van der Waals surface area (Å²) in [5.74, 6) is 0.866. The van der Waals surface area contributed by atoms with Crippen molar-refractivity contribution in [1.82, 2.24) is 20.0 Å². The standard InChI is InChI=1S/C18H25N5O/c1-2-19-18(22-9-8-17(24)14-22)20-10-16-11-21-23(13-16)12-15-6-4-3-5-7-15/h3-7,11,13,17,24H,2,8-10,12,14H2,1H3,(H,19,20)/t17-/m1/s1. The van der Waals surface area contributed by atoms with Crippen molar-refractivity contribution in [3.05, 3.63) is 53.9 Å². The summed E-state index contributed by atoms with van der Waals surface area (Å²) >= 11 is 0. The van der Waals surface area contributed by atoms with Crippen molar-refractivity contribution in [2.24, 2.45) is 4.99 Å². The molecule has 2 aromatic rings. The van der Waals surface area contributed by atoms with Crippen LogP contribution in [0.2, 0.25) is 0 Å². The van der Waals surface area contributed by atoms with Crippen molar-refractivity contribution >= 4 is 5.96 Å². The van der Waals surface area contributed by atoms with Crippen molar-refractivity contribution < 1.29 is 5.11 Å². The molecule has 0 saturated carbocycles. The summed E-state index contributed by atoms with van der Waals surface area (Å²) in [5.41, 5.74) is 2.32. The highest BCUT2D eigenvalue weighted by Gasteiger charge is 2.22. The summed E-state index contributed by atoms with van der Waals surface area (Å²) in [7, 11) is 0. The molecule has 1 fully saturated rings. The monoisotopic (exact) mass is 327 g/mol. The second kappa shape index (κ2) is 7.97. The molecule has 0 aliphatic carbocycles. The van der Waals surface area contributed by atoms with Crippen LogP contribution in [0, 0.1) is 0 Å². The number of nitrogens with one attached hydrogen (secondary N) is 1. The lowest BCUT2D eigenvalue weighted by atomic mass is 10.2. The highest BCUT2D eigenvalue weighted by molar-refractivity contribution is 5.80. The molecule has 0 amide bonds. The number of β-amino-alcohol motifs (C(OH)–C–C–N with tert-alkyl or cyclic N) is 1. The molecule has 6 heteroatoms. The number of aliphatic hydroxyl groups excluding tert-OH is 1. The van der Waals surface area contributed by atoms with Gasteiger partial charge in [-0.15, -0.1) is 0 Å². The van der Waals surface area contributed by atoms with Gasteiger partial charge in [-0.2, -0.15) is 5.10 Å². The molecule has 1 aliphatic heterocycles. The zero-order valence-corrected chi connectivity index (χ0v) is 14.1. The average Bonchev–Trinajstić information content (AvgIpc) is 3.21. The van der Waals surface area contributed by atoms with Gasteiger partial charge in [-0.3, -0.25) is 4.68 Å². The van der Waals surface area contributed by atoms with E-state index in [2.05, 4.69) is 39.4 Å². The number of hydrogen-bond donors (Lipinski definition) is 2. The van der Waals surface area contributed by atoms with Crippen LogP contribution in [0.25, 0.3) is 0 Å². The summed E-state index contributed by atoms with van der Waals surface area (Å²) < 4.78 is 1.94. The molecular weight excluding hydrogens is 302 g/mol. The molecule has 1 saturated heterocycles. The molecule has 6 nitrogen and oxygen atoms in total. The van der Waals surface area contributed by atoms with Gasteiger partial charge in [-0.05, 0) is 18.9 Å². The summed E-state index contributed by atoms with van der Waals surface area (Å²) in [5, 5.41) is 17.4.